The number of nitrogens with zero attached hydrogens (tertiary/aromatic N) is 1. The molecule has 7 heteroatoms. The lowest BCUT2D eigenvalue weighted by Crippen LogP contribution is -2.26. The Morgan fingerprint density at radius 1 is 0.886 bits per heavy atom. The van der Waals surface area contributed by atoms with Gasteiger partial charge in [0.2, 0.25) is 0 Å². The monoisotopic (exact) mass is 706 g/mol. The third kappa shape index (κ3) is 6.83. The number of ether oxygens (including phenoxy) is 1. The van der Waals surface area contributed by atoms with Gasteiger partial charge in [-0.05, 0) is 80.1 Å². The van der Waals surface area contributed by atoms with Crippen molar-refractivity contribution in [2.45, 2.75) is 12.5 Å². The van der Waals surface area contributed by atoms with Gasteiger partial charge in [-0.25, -0.2) is 5.43 Å². The van der Waals surface area contributed by atoms with Gasteiger partial charge in [0.15, 0.2) is 0 Å². The maximum Gasteiger partial charge on any atom is 0.252 e. The molecule has 0 aliphatic carbocycles. The second-order valence-electron chi connectivity index (χ2n) is 7.68. The minimum atomic E-state index is -0.449. The second kappa shape index (κ2) is 12.5. The Balaban J connectivity index is 1.46. The first-order valence-corrected chi connectivity index (χ1v) is 13.3. The molecule has 0 heterocycles. The number of amides is 1. The topological polar surface area (TPSA) is 50.7 Å². The van der Waals surface area contributed by atoms with E-state index in [1.54, 1.807) is 6.21 Å². The summed E-state index contributed by atoms with van der Waals surface area (Å²) in [7, 11) is 0. The minimum absolute atomic E-state index is 0.192. The molecule has 0 aliphatic heterocycles. The summed E-state index contributed by atoms with van der Waals surface area (Å²) in [5.74, 6) is 0.152. The van der Waals surface area contributed by atoms with E-state index >= 15 is 0 Å². The van der Waals surface area contributed by atoms with E-state index in [0.717, 1.165) is 35.1 Å². The molecule has 1 N–H and O–H groups in total. The van der Waals surface area contributed by atoms with Crippen LogP contribution in [-0.2, 0) is 11.4 Å². The maximum atomic E-state index is 13.1. The molecule has 0 unspecified atom stereocenters. The zero-order valence-corrected chi connectivity index (χ0v) is 23.6. The van der Waals surface area contributed by atoms with E-state index < -0.39 is 5.92 Å². The summed E-state index contributed by atoms with van der Waals surface area (Å²) in [6.45, 7) is 0.384. The van der Waals surface area contributed by atoms with Gasteiger partial charge >= 0.3 is 0 Å². The average molecular weight is 707 g/mol. The predicted octanol–water partition coefficient (Wildman–Crippen LogP) is 7.41. The normalized spacial score (nSPS) is 11.1. The first kappa shape index (κ1) is 25.7. The molecule has 0 fully saturated rings. The molecule has 0 atom stereocenters. The molecule has 0 radical (unpaired) electrons. The molecule has 4 aromatic rings. The Labute approximate surface area is 237 Å². The highest BCUT2D eigenvalue weighted by Crippen LogP contribution is 2.30. The minimum Gasteiger partial charge on any atom is -0.487 e. The van der Waals surface area contributed by atoms with E-state index in [1.165, 1.54) is 0 Å². The van der Waals surface area contributed by atoms with Crippen molar-refractivity contribution in [1.29, 1.82) is 0 Å². The lowest BCUT2D eigenvalue weighted by molar-refractivity contribution is -0.121. The van der Waals surface area contributed by atoms with E-state index in [9.17, 15) is 4.79 Å². The molecule has 0 aromatic heterocycles. The standard InChI is InChI=1S/C28H21ClI2N2O2/c29-23-14-8-7-13-22(23)18-35-27-24(30)15-19(16-25(27)31)17-32-33-28(34)26(20-9-3-1-4-10-20)21-11-5-2-6-12-21/h1-17,26H,18H2,(H,33,34)/b32-17+. The zero-order valence-electron chi connectivity index (χ0n) is 18.5. The number of rotatable bonds is 8. The fraction of sp³-hybridized carbons (Fsp3) is 0.0714. The van der Waals surface area contributed by atoms with Crippen LogP contribution in [-0.4, -0.2) is 12.1 Å². The number of nitrogens with one attached hydrogen (secondary N) is 1. The summed E-state index contributed by atoms with van der Waals surface area (Å²) >= 11 is 10.7. The van der Waals surface area contributed by atoms with Crippen LogP contribution in [0.15, 0.2) is 102 Å². The Bertz CT molecular complexity index is 1270. The molecule has 4 rings (SSSR count). The molecule has 0 spiro atoms. The van der Waals surface area contributed by atoms with Crippen LogP contribution >= 0.6 is 56.8 Å². The van der Waals surface area contributed by atoms with E-state index in [-0.39, 0.29) is 5.91 Å². The van der Waals surface area contributed by atoms with Crippen LogP contribution in [0.25, 0.3) is 0 Å². The summed E-state index contributed by atoms with van der Waals surface area (Å²) in [6.07, 6.45) is 1.65. The van der Waals surface area contributed by atoms with Crippen LogP contribution < -0.4 is 10.2 Å². The smallest absolute Gasteiger partial charge is 0.252 e. The highest BCUT2D eigenvalue weighted by atomic mass is 127. The molecule has 35 heavy (non-hydrogen) atoms. The van der Waals surface area contributed by atoms with Gasteiger partial charge in [-0.3, -0.25) is 4.79 Å². The van der Waals surface area contributed by atoms with Crippen LogP contribution in [0.4, 0.5) is 0 Å². The number of benzene rings is 4. The fourth-order valence-corrected chi connectivity index (χ4v) is 5.90. The number of carbonyl (C=O) groups is 1. The summed E-state index contributed by atoms with van der Waals surface area (Å²) < 4.78 is 7.94. The van der Waals surface area contributed by atoms with Crippen LogP contribution in [0, 0.1) is 7.14 Å². The van der Waals surface area contributed by atoms with Crippen LogP contribution in [0.2, 0.25) is 5.02 Å². The molecule has 0 bridgehead atoms. The first-order valence-electron chi connectivity index (χ1n) is 10.8. The van der Waals surface area contributed by atoms with Gasteiger partial charge in [0.05, 0.1) is 19.3 Å². The molecular weight excluding hydrogens is 686 g/mol. The molecular formula is C28H21ClI2N2O2. The molecule has 176 valence electrons. The van der Waals surface area contributed by atoms with Gasteiger partial charge < -0.3 is 4.74 Å². The summed E-state index contributed by atoms with van der Waals surface area (Å²) in [5, 5.41) is 4.92. The highest BCUT2D eigenvalue weighted by Gasteiger charge is 2.22. The average Bonchev–Trinajstić information content (AvgIpc) is 2.86. The third-order valence-corrected chi connectivity index (χ3v) is 7.24. The molecule has 0 saturated carbocycles. The summed E-state index contributed by atoms with van der Waals surface area (Å²) in [4.78, 5) is 13.1. The molecule has 1 amide bonds. The third-order valence-electron chi connectivity index (χ3n) is 5.27. The fourth-order valence-electron chi connectivity index (χ4n) is 3.58. The van der Waals surface area contributed by atoms with Gasteiger partial charge in [0.25, 0.3) is 5.91 Å². The predicted molar refractivity (Wildman–Crippen MR) is 158 cm³/mol. The van der Waals surface area contributed by atoms with Gasteiger partial charge in [-0.2, -0.15) is 5.10 Å². The highest BCUT2D eigenvalue weighted by molar-refractivity contribution is 14.1. The van der Waals surface area contributed by atoms with Crippen LogP contribution in [0.1, 0.15) is 28.2 Å². The quantitative estimate of drug-likeness (QED) is 0.118. The summed E-state index contributed by atoms with van der Waals surface area (Å²) in [5.41, 5.74) is 6.33. The second-order valence-corrected chi connectivity index (χ2v) is 10.4. The van der Waals surface area contributed by atoms with Crippen molar-refractivity contribution in [1.82, 2.24) is 5.43 Å². The Morgan fingerprint density at radius 2 is 1.43 bits per heavy atom. The van der Waals surface area contributed by atoms with Crippen molar-refractivity contribution in [3.05, 3.63) is 131 Å². The van der Waals surface area contributed by atoms with Gasteiger partial charge in [0.1, 0.15) is 12.4 Å². The number of carbonyl (C=O) groups excluding carboxylic acids is 1. The van der Waals surface area contributed by atoms with Gasteiger partial charge in [0, 0.05) is 10.6 Å². The molecule has 4 nitrogen and oxygen atoms in total. The van der Waals surface area contributed by atoms with Crippen molar-refractivity contribution in [3.8, 4) is 5.75 Å². The number of halogens is 3. The first-order chi connectivity index (χ1) is 17.0. The lowest BCUT2D eigenvalue weighted by Gasteiger charge is -2.16. The van der Waals surface area contributed by atoms with Crippen molar-refractivity contribution in [2.24, 2.45) is 5.10 Å². The van der Waals surface area contributed by atoms with Crippen molar-refractivity contribution < 1.29 is 9.53 Å². The lowest BCUT2D eigenvalue weighted by atomic mass is 9.91. The van der Waals surface area contributed by atoms with E-state index in [1.807, 2.05) is 97.1 Å². The SMILES string of the molecule is O=C(N/N=C/c1cc(I)c(OCc2ccccc2Cl)c(I)c1)C(c1ccccc1)c1ccccc1. The largest absolute Gasteiger partial charge is 0.487 e. The number of hydrogen-bond acceptors (Lipinski definition) is 3. The Kier molecular flexibility index (Phi) is 9.17. The molecule has 0 saturated heterocycles. The Hall–Kier alpha value is -2.43. The van der Waals surface area contributed by atoms with Crippen molar-refractivity contribution >= 4 is 68.9 Å². The zero-order chi connectivity index (χ0) is 24.6. The number of hydrogen-bond donors (Lipinski definition) is 1. The number of hydrazone groups is 1. The van der Waals surface area contributed by atoms with Crippen LogP contribution in [0.3, 0.4) is 0 Å². The van der Waals surface area contributed by atoms with E-state index in [2.05, 4.69) is 55.7 Å². The molecule has 0 aliphatic rings. The van der Waals surface area contributed by atoms with Crippen molar-refractivity contribution in [2.75, 3.05) is 0 Å². The van der Waals surface area contributed by atoms with Crippen molar-refractivity contribution in [3.63, 3.8) is 0 Å². The van der Waals surface area contributed by atoms with E-state index in [4.69, 9.17) is 16.3 Å². The maximum absolute atomic E-state index is 13.1. The van der Waals surface area contributed by atoms with Crippen LogP contribution in [0.5, 0.6) is 5.75 Å². The van der Waals surface area contributed by atoms with Gasteiger partial charge in [-0.15, -0.1) is 0 Å². The van der Waals surface area contributed by atoms with E-state index in [0.29, 0.717) is 11.6 Å². The Morgan fingerprint density at radius 3 is 2.00 bits per heavy atom. The summed E-state index contributed by atoms with van der Waals surface area (Å²) in [6, 6.07) is 31.0. The van der Waals surface area contributed by atoms with Gasteiger partial charge in [-0.1, -0.05) is 90.5 Å². The molecule has 4 aromatic carbocycles.